The molecule has 0 radical (unpaired) electrons. The number of hydrogen-bond acceptors (Lipinski definition) is 9. The fourth-order valence-corrected chi connectivity index (χ4v) is 5.70. The van der Waals surface area contributed by atoms with Crippen molar-refractivity contribution in [2.75, 3.05) is 23.1 Å². The molecule has 45 heavy (non-hydrogen) atoms. The highest BCUT2D eigenvalue weighted by Crippen LogP contribution is 2.36. The Hall–Kier alpha value is -4.90. The molecule has 0 spiro atoms. The van der Waals surface area contributed by atoms with Crippen LogP contribution in [0.15, 0.2) is 54.9 Å². The number of halogens is 5. The van der Waals surface area contributed by atoms with Crippen molar-refractivity contribution in [3.63, 3.8) is 0 Å². The van der Waals surface area contributed by atoms with E-state index in [0.717, 1.165) is 12.1 Å². The molecule has 2 aromatic heterocycles. The third kappa shape index (κ3) is 7.43. The third-order valence-corrected chi connectivity index (χ3v) is 7.81. The minimum absolute atomic E-state index is 0.159. The Morgan fingerprint density at radius 1 is 1.02 bits per heavy atom. The first-order chi connectivity index (χ1) is 21.4. The molecule has 4 aromatic rings. The van der Waals surface area contributed by atoms with E-state index in [0.29, 0.717) is 18.7 Å². The lowest BCUT2D eigenvalue weighted by Gasteiger charge is -2.26. The molecule has 3 heterocycles. The lowest BCUT2D eigenvalue weighted by molar-refractivity contribution is 0.0999. The molecule has 5 N–H and O–H groups in total. The maximum atomic E-state index is 15.1. The Morgan fingerprint density at radius 3 is 2.56 bits per heavy atom. The van der Waals surface area contributed by atoms with Crippen LogP contribution >= 0.6 is 0 Å². The van der Waals surface area contributed by atoms with E-state index < -0.39 is 68.1 Å². The van der Waals surface area contributed by atoms with Crippen LogP contribution in [-0.4, -0.2) is 54.6 Å². The van der Waals surface area contributed by atoms with Gasteiger partial charge in [0, 0.05) is 55.1 Å². The van der Waals surface area contributed by atoms with Gasteiger partial charge in [-0.15, -0.1) is 0 Å². The summed E-state index contributed by atoms with van der Waals surface area (Å²) in [5.41, 5.74) is 3.44. The summed E-state index contributed by atoms with van der Waals surface area (Å²) in [6.45, 7) is 0.729. The average Bonchev–Trinajstić information content (AvgIpc) is 2.99. The summed E-state index contributed by atoms with van der Waals surface area (Å²) >= 11 is 0. The number of aromatic nitrogens is 3. The zero-order chi connectivity index (χ0) is 32.3. The van der Waals surface area contributed by atoms with E-state index in [1.807, 2.05) is 0 Å². The first-order valence-electron chi connectivity index (χ1n) is 13.2. The minimum atomic E-state index is -4.69. The van der Waals surface area contributed by atoms with Gasteiger partial charge in [0.05, 0.1) is 17.0 Å². The highest BCUT2D eigenvalue weighted by molar-refractivity contribution is 7.91. The SMILES string of the molecule is NC(=O)c1ccc(CS(=O)(=O)Nc2c(F)cc(Oc3ncccc3-c3ccnc(N[C@@H]4CNC[C@@H](F)C4)n3)c(F)c2F)c(F)c1. The second-order valence-corrected chi connectivity index (χ2v) is 11.7. The van der Waals surface area contributed by atoms with Gasteiger partial charge < -0.3 is 21.1 Å². The standard InChI is InChI=1S/C28H24F5N7O4S/c29-16-9-17(12-35-11-16)38-28-37-7-5-21(39-28)18-2-1-6-36-27(18)44-22-10-20(31)25(24(33)23(22)32)40-45(42,43)13-15-4-3-14(26(34)41)8-19(15)30/h1-8,10,16-17,35,40H,9,11-13H2,(H2,34,41)(H,37,38,39)/t16-,17-/m0/s1. The molecule has 1 aliphatic heterocycles. The number of amides is 1. The first-order valence-corrected chi connectivity index (χ1v) is 14.9. The number of piperidine rings is 1. The van der Waals surface area contributed by atoms with E-state index in [-0.39, 0.29) is 47.7 Å². The lowest BCUT2D eigenvalue weighted by Crippen LogP contribution is -2.44. The number of pyridine rings is 1. The number of primary amides is 1. The summed E-state index contributed by atoms with van der Waals surface area (Å²) in [7, 11) is -4.69. The third-order valence-electron chi connectivity index (χ3n) is 6.61. The molecule has 11 nitrogen and oxygen atoms in total. The van der Waals surface area contributed by atoms with Crippen LogP contribution < -0.4 is 25.8 Å². The fraction of sp³-hybridized carbons (Fsp3) is 0.214. The van der Waals surface area contributed by atoms with Crippen LogP contribution in [-0.2, 0) is 15.8 Å². The number of benzene rings is 2. The summed E-state index contributed by atoms with van der Waals surface area (Å²) in [5, 5.41) is 5.97. The highest BCUT2D eigenvalue weighted by atomic mass is 32.2. The predicted octanol–water partition coefficient (Wildman–Crippen LogP) is 4.04. The summed E-state index contributed by atoms with van der Waals surface area (Å²) in [6.07, 6.45) is 1.88. The van der Waals surface area contributed by atoms with Gasteiger partial charge in [-0.1, -0.05) is 6.07 Å². The smallest absolute Gasteiger partial charge is 0.248 e. The van der Waals surface area contributed by atoms with Crippen LogP contribution in [0.25, 0.3) is 11.3 Å². The zero-order valence-corrected chi connectivity index (χ0v) is 23.8. The van der Waals surface area contributed by atoms with Gasteiger partial charge >= 0.3 is 0 Å². The van der Waals surface area contributed by atoms with Gasteiger partial charge in [0.1, 0.15) is 17.7 Å². The number of carbonyl (C=O) groups is 1. The molecular formula is C28H24F5N7O4S. The average molecular weight is 650 g/mol. The number of alkyl halides is 1. The molecule has 1 fully saturated rings. The van der Waals surface area contributed by atoms with Crippen LogP contribution in [0.1, 0.15) is 22.3 Å². The highest BCUT2D eigenvalue weighted by Gasteiger charge is 2.26. The summed E-state index contributed by atoms with van der Waals surface area (Å²) in [4.78, 5) is 23.7. The molecule has 0 bridgehead atoms. The number of nitrogens with two attached hydrogens (primary N) is 1. The number of nitrogens with one attached hydrogen (secondary N) is 3. The molecule has 2 aromatic carbocycles. The van der Waals surface area contributed by atoms with Crippen LogP contribution in [0.2, 0.25) is 0 Å². The normalized spacial score (nSPS) is 16.6. The van der Waals surface area contributed by atoms with Gasteiger partial charge in [0.15, 0.2) is 17.4 Å². The second kappa shape index (κ2) is 13.0. The van der Waals surface area contributed by atoms with Gasteiger partial charge in [-0.3, -0.25) is 9.52 Å². The Labute approximate surface area is 253 Å². The number of nitrogens with zero attached hydrogens (tertiary/aromatic N) is 3. The van der Waals surface area contributed by atoms with Crippen LogP contribution in [0, 0.1) is 23.3 Å². The summed E-state index contributed by atoms with van der Waals surface area (Å²) < 4.78 is 105. The van der Waals surface area contributed by atoms with Crippen molar-refractivity contribution in [3.05, 3.63) is 89.3 Å². The molecule has 2 atom stereocenters. The van der Waals surface area contributed by atoms with E-state index in [4.69, 9.17) is 10.5 Å². The van der Waals surface area contributed by atoms with Crippen molar-refractivity contribution in [1.29, 1.82) is 0 Å². The quantitative estimate of drug-likeness (QED) is 0.147. The van der Waals surface area contributed by atoms with Crippen molar-refractivity contribution < 1.29 is 39.9 Å². The molecule has 5 rings (SSSR count). The Balaban J connectivity index is 1.36. The lowest BCUT2D eigenvalue weighted by atomic mass is 10.1. The molecule has 0 aliphatic carbocycles. The first kappa shape index (κ1) is 31.5. The molecule has 0 unspecified atom stereocenters. The van der Waals surface area contributed by atoms with Gasteiger partial charge in [0.2, 0.25) is 33.6 Å². The van der Waals surface area contributed by atoms with Gasteiger partial charge in [-0.25, -0.2) is 40.9 Å². The molecular weight excluding hydrogens is 625 g/mol. The molecule has 1 aliphatic rings. The molecule has 0 saturated carbocycles. The van der Waals surface area contributed by atoms with Crippen molar-refractivity contribution in [3.8, 4) is 22.9 Å². The van der Waals surface area contributed by atoms with Crippen molar-refractivity contribution in [1.82, 2.24) is 20.3 Å². The minimum Gasteiger partial charge on any atom is -0.435 e. The van der Waals surface area contributed by atoms with E-state index in [1.54, 1.807) is 4.72 Å². The number of rotatable bonds is 10. The number of hydrogen-bond donors (Lipinski definition) is 4. The number of carbonyl (C=O) groups excluding carboxylic acids is 1. The second-order valence-electron chi connectivity index (χ2n) is 9.95. The number of sulfonamides is 1. The van der Waals surface area contributed by atoms with Gasteiger partial charge in [-0.2, -0.15) is 4.39 Å². The van der Waals surface area contributed by atoms with Crippen LogP contribution in [0.4, 0.5) is 33.6 Å². The topological polar surface area (TPSA) is 161 Å². The van der Waals surface area contributed by atoms with Crippen LogP contribution in [0.3, 0.4) is 0 Å². The van der Waals surface area contributed by atoms with E-state index in [9.17, 15) is 26.4 Å². The van der Waals surface area contributed by atoms with E-state index in [1.165, 1.54) is 30.6 Å². The van der Waals surface area contributed by atoms with Crippen molar-refractivity contribution >= 4 is 27.6 Å². The fourth-order valence-electron chi connectivity index (χ4n) is 4.49. The van der Waals surface area contributed by atoms with Gasteiger partial charge in [-0.05, 0) is 30.3 Å². The van der Waals surface area contributed by atoms with Crippen LogP contribution in [0.5, 0.6) is 11.6 Å². The Morgan fingerprint density at radius 2 is 1.82 bits per heavy atom. The summed E-state index contributed by atoms with van der Waals surface area (Å²) in [6, 6.07) is 7.35. The van der Waals surface area contributed by atoms with Gasteiger partial charge in [0.25, 0.3) is 0 Å². The maximum Gasteiger partial charge on any atom is 0.248 e. The van der Waals surface area contributed by atoms with E-state index >= 15 is 8.78 Å². The zero-order valence-electron chi connectivity index (χ0n) is 23.0. The maximum absolute atomic E-state index is 15.1. The molecule has 17 heteroatoms. The molecule has 1 saturated heterocycles. The van der Waals surface area contributed by atoms with Crippen molar-refractivity contribution in [2.45, 2.75) is 24.4 Å². The largest absolute Gasteiger partial charge is 0.435 e. The number of anilines is 2. The Kier molecular flexibility index (Phi) is 9.10. The molecule has 1 amide bonds. The predicted molar refractivity (Wildman–Crippen MR) is 153 cm³/mol. The monoisotopic (exact) mass is 649 g/mol. The Bertz CT molecular complexity index is 1870. The molecule has 236 valence electrons. The van der Waals surface area contributed by atoms with Crippen molar-refractivity contribution in [2.24, 2.45) is 5.73 Å². The van der Waals surface area contributed by atoms with E-state index in [2.05, 4.69) is 25.6 Å². The number of ether oxygens (including phenoxy) is 1. The summed E-state index contributed by atoms with van der Waals surface area (Å²) in [5.74, 6) is -9.50.